The van der Waals surface area contributed by atoms with Crippen LogP contribution in [0, 0.1) is 0 Å². The second-order valence-corrected chi connectivity index (χ2v) is 18.4. The van der Waals surface area contributed by atoms with Crippen molar-refractivity contribution in [2.45, 2.75) is 128 Å². The van der Waals surface area contributed by atoms with Crippen LogP contribution in [0.15, 0.2) is 119 Å². The summed E-state index contributed by atoms with van der Waals surface area (Å²) in [6.07, 6.45) is 18.7. The van der Waals surface area contributed by atoms with Gasteiger partial charge in [-0.1, -0.05) is 83.4 Å². The molecule has 3 aromatic rings. The second kappa shape index (κ2) is 18.0. The monoisotopic (exact) mass is 805 g/mol. The maximum Gasteiger partial charge on any atom is 0.303 e. The van der Waals surface area contributed by atoms with E-state index < -0.39 is 21.5 Å². The molecule has 58 heavy (non-hydrogen) atoms. The molecule has 3 aliphatic rings. The van der Waals surface area contributed by atoms with Crippen LogP contribution in [0.5, 0.6) is 5.75 Å². The maximum atomic E-state index is 12.2. The van der Waals surface area contributed by atoms with Gasteiger partial charge in [-0.3, -0.25) is 9.35 Å². The summed E-state index contributed by atoms with van der Waals surface area (Å²) in [5.41, 5.74) is 9.20. The summed E-state index contributed by atoms with van der Waals surface area (Å²) < 4.78 is 43.7. The molecule has 3 aromatic carbocycles. The topological polar surface area (TPSA) is 107 Å². The van der Waals surface area contributed by atoms with Gasteiger partial charge in [-0.15, -0.1) is 0 Å². The van der Waals surface area contributed by atoms with Crippen LogP contribution >= 0.6 is 0 Å². The first-order chi connectivity index (χ1) is 27.7. The van der Waals surface area contributed by atoms with Crippen molar-refractivity contribution in [1.82, 2.24) is 0 Å². The van der Waals surface area contributed by atoms with Crippen molar-refractivity contribution >= 4 is 33.2 Å². The number of allylic oxidation sites excluding steroid dienone is 7. The van der Waals surface area contributed by atoms with Gasteiger partial charge in [0, 0.05) is 53.9 Å². The molecule has 1 aliphatic carbocycles. The lowest BCUT2D eigenvalue weighted by Crippen LogP contribution is -2.28. The Morgan fingerprint density at radius 2 is 1.59 bits per heavy atom. The average molecular weight is 806 g/mol. The number of nitrogens with zero attached hydrogens (tertiary/aromatic N) is 2. The quantitative estimate of drug-likeness (QED) is 0.0794. The highest BCUT2D eigenvalue weighted by Crippen LogP contribution is 2.49. The van der Waals surface area contributed by atoms with Crippen LogP contribution in [0.2, 0.25) is 0 Å². The molecule has 9 heteroatoms. The van der Waals surface area contributed by atoms with Crippen LogP contribution in [0.25, 0.3) is 0 Å². The van der Waals surface area contributed by atoms with Crippen molar-refractivity contribution in [3.8, 4) is 5.75 Å². The molecule has 8 nitrogen and oxygen atoms in total. The van der Waals surface area contributed by atoms with Gasteiger partial charge < -0.3 is 14.7 Å². The van der Waals surface area contributed by atoms with E-state index in [0.717, 1.165) is 104 Å². The third-order valence-corrected chi connectivity index (χ3v) is 12.9. The molecule has 0 saturated carbocycles. The Labute approximate surface area is 346 Å². The Bertz CT molecular complexity index is 2270. The first kappa shape index (κ1) is 42.9. The number of fused-ring (bicyclic) bond motifs is 2. The summed E-state index contributed by atoms with van der Waals surface area (Å²) in [6.45, 7) is 15.0. The zero-order chi connectivity index (χ0) is 41.7. The number of rotatable bonds is 17. The second-order valence-electron chi connectivity index (χ2n) is 16.9. The Kier molecular flexibility index (Phi) is 13.3. The first-order valence-corrected chi connectivity index (χ1v) is 22.6. The van der Waals surface area contributed by atoms with E-state index in [1.165, 1.54) is 29.4 Å². The van der Waals surface area contributed by atoms with Crippen molar-refractivity contribution in [3.05, 3.63) is 130 Å². The number of para-hydroxylation sites is 1. The van der Waals surface area contributed by atoms with Crippen molar-refractivity contribution < 1.29 is 32.2 Å². The van der Waals surface area contributed by atoms with Gasteiger partial charge in [0.2, 0.25) is 5.69 Å². The standard InChI is InChI=1S/C49H60N2O6S/c1-7-9-13-32-50-42-19-12-11-18-40(42)48(3,4)44(50)29-23-36-16-15-17-37(47(36)57-38-25-20-35(21-26-38)22-31-46(52)53)24-30-45-49(5,6)41-34-39(58(54,55)56)27-28-43(41)51(45)33-14-10-8-2/h11-12,18-21,23-30,34H,7-10,13-17,22,31-33H2,1-6H3,(H-,52,53,54,55,56)/p+1. The van der Waals surface area contributed by atoms with Gasteiger partial charge in [-0.2, -0.15) is 13.0 Å². The highest BCUT2D eigenvalue weighted by molar-refractivity contribution is 7.85. The summed E-state index contributed by atoms with van der Waals surface area (Å²) >= 11 is 0. The molecule has 0 bridgehead atoms. The van der Waals surface area contributed by atoms with Crippen LogP contribution in [0.3, 0.4) is 0 Å². The highest BCUT2D eigenvalue weighted by Gasteiger charge is 2.44. The molecule has 2 heterocycles. The van der Waals surface area contributed by atoms with E-state index >= 15 is 0 Å². The van der Waals surface area contributed by atoms with Gasteiger partial charge >= 0.3 is 5.97 Å². The largest absolute Gasteiger partial charge is 0.481 e. The predicted molar refractivity (Wildman–Crippen MR) is 234 cm³/mol. The summed E-state index contributed by atoms with van der Waals surface area (Å²) in [6, 6.07) is 21.4. The van der Waals surface area contributed by atoms with E-state index in [2.05, 4.69) is 99.6 Å². The number of hydrogen-bond acceptors (Lipinski definition) is 5. The van der Waals surface area contributed by atoms with Crippen LogP contribution < -0.4 is 9.64 Å². The summed E-state index contributed by atoms with van der Waals surface area (Å²) in [7, 11) is -4.37. The fraction of sp³-hybridized carbons (Fsp3) is 0.429. The van der Waals surface area contributed by atoms with E-state index in [-0.39, 0.29) is 16.7 Å². The lowest BCUT2D eigenvalue weighted by Gasteiger charge is -2.27. The zero-order valence-electron chi connectivity index (χ0n) is 35.2. The molecule has 308 valence electrons. The Balaban J connectivity index is 1.45. The SMILES string of the molecule is CCCCCN1/C(=C/C=C2\CCCC(/C=C/C3=[N+](CCCCC)c4ccccc4C3(C)C)=C2Oc2ccc(CCC(=O)O)cc2)C(C)(C)c2cc(S(=O)(=O)O)ccc21. The van der Waals surface area contributed by atoms with Gasteiger partial charge in [0.1, 0.15) is 18.1 Å². The van der Waals surface area contributed by atoms with Gasteiger partial charge in [0.15, 0.2) is 5.71 Å². The normalized spacial score (nSPS) is 18.8. The highest BCUT2D eigenvalue weighted by atomic mass is 32.2. The molecule has 0 spiro atoms. The fourth-order valence-corrected chi connectivity index (χ4v) is 9.29. The number of anilines is 1. The van der Waals surface area contributed by atoms with E-state index in [1.54, 1.807) is 6.07 Å². The number of ether oxygens (including phenoxy) is 1. The van der Waals surface area contributed by atoms with Crippen LogP contribution in [-0.2, 0) is 32.2 Å². The number of unbranched alkanes of at least 4 members (excludes halogenated alkanes) is 4. The van der Waals surface area contributed by atoms with Gasteiger partial charge in [0.25, 0.3) is 10.1 Å². The van der Waals surface area contributed by atoms with Crippen molar-refractivity contribution in [2.24, 2.45) is 0 Å². The Morgan fingerprint density at radius 1 is 0.862 bits per heavy atom. The number of carboxylic acids is 1. The van der Waals surface area contributed by atoms with Gasteiger partial charge in [-0.25, -0.2) is 0 Å². The lowest BCUT2D eigenvalue weighted by molar-refractivity contribution is -0.438. The molecule has 2 N–H and O–H groups in total. The van der Waals surface area contributed by atoms with Crippen molar-refractivity contribution in [3.63, 3.8) is 0 Å². The zero-order valence-corrected chi connectivity index (χ0v) is 36.0. The number of aryl methyl sites for hydroxylation is 1. The molecule has 0 atom stereocenters. The third kappa shape index (κ3) is 9.26. The fourth-order valence-electron chi connectivity index (χ4n) is 8.78. The van der Waals surface area contributed by atoms with Gasteiger partial charge in [-0.05, 0) is 117 Å². The minimum Gasteiger partial charge on any atom is -0.481 e. The number of aliphatic carboxylic acids is 1. The molecule has 0 saturated heterocycles. The molecule has 0 radical (unpaired) electrons. The molecule has 0 unspecified atom stereocenters. The first-order valence-electron chi connectivity index (χ1n) is 21.1. The average Bonchev–Trinajstić information content (AvgIpc) is 3.54. The summed E-state index contributed by atoms with van der Waals surface area (Å²) in [5, 5.41) is 9.22. The number of carbonyl (C=O) groups is 1. The molecular formula is C49H61N2O6S+. The lowest BCUT2D eigenvalue weighted by atomic mass is 9.81. The number of benzene rings is 3. The summed E-state index contributed by atoms with van der Waals surface area (Å²) in [4.78, 5) is 13.4. The smallest absolute Gasteiger partial charge is 0.303 e. The Hall–Kier alpha value is -4.73. The molecule has 0 aromatic heterocycles. The van der Waals surface area contributed by atoms with Crippen LogP contribution in [0.4, 0.5) is 11.4 Å². The predicted octanol–water partition coefficient (Wildman–Crippen LogP) is 11.4. The van der Waals surface area contributed by atoms with E-state index in [9.17, 15) is 22.9 Å². The van der Waals surface area contributed by atoms with E-state index in [1.807, 2.05) is 30.3 Å². The van der Waals surface area contributed by atoms with E-state index in [4.69, 9.17) is 4.74 Å². The van der Waals surface area contributed by atoms with Crippen LogP contribution in [0.1, 0.15) is 122 Å². The number of hydrogen-bond donors (Lipinski definition) is 2. The van der Waals surface area contributed by atoms with Crippen LogP contribution in [-0.4, -0.2) is 47.4 Å². The molecule has 0 amide bonds. The Morgan fingerprint density at radius 3 is 2.29 bits per heavy atom. The maximum absolute atomic E-state index is 12.2. The van der Waals surface area contributed by atoms with Gasteiger partial charge in [0.05, 0.1) is 10.3 Å². The number of carboxylic acid groups (broad SMARTS) is 1. The summed E-state index contributed by atoms with van der Waals surface area (Å²) in [5.74, 6) is 0.693. The van der Waals surface area contributed by atoms with Crippen molar-refractivity contribution in [1.29, 1.82) is 0 Å². The molecule has 2 aliphatic heterocycles. The third-order valence-electron chi connectivity index (χ3n) is 12.1. The molecule has 0 fully saturated rings. The van der Waals surface area contributed by atoms with E-state index in [0.29, 0.717) is 12.2 Å². The molecule has 6 rings (SSSR count). The minimum absolute atomic E-state index is 0.0726. The molecular weight excluding hydrogens is 745 g/mol. The van der Waals surface area contributed by atoms with Crippen molar-refractivity contribution in [2.75, 3.05) is 18.0 Å². The minimum atomic E-state index is -4.37.